The van der Waals surface area contributed by atoms with Crippen LogP contribution in [0.4, 0.5) is 0 Å². The summed E-state index contributed by atoms with van der Waals surface area (Å²) in [6, 6.07) is 13.0. The Morgan fingerprint density at radius 1 is 0.967 bits per heavy atom. The highest BCUT2D eigenvalue weighted by Gasteiger charge is 2.22. The Kier molecular flexibility index (Phi) is 6.40. The lowest BCUT2D eigenvalue weighted by atomic mass is 9.87. The smallest absolute Gasteiger partial charge is 0.326 e. The van der Waals surface area contributed by atoms with Crippen LogP contribution in [0.1, 0.15) is 71.5 Å². The first kappa shape index (κ1) is 21.8. The molecule has 1 N–H and O–H groups in total. The summed E-state index contributed by atoms with van der Waals surface area (Å²) in [6.07, 6.45) is 2.23. The third kappa shape index (κ3) is 5.15. The van der Waals surface area contributed by atoms with Crippen molar-refractivity contribution in [3.05, 3.63) is 70.3 Å². The molecule has 0 spiro atoms. The van der Waals surface area contributed by atoms with E-state index in [0.717, 1.165) is 24.8 Å². The fourth-order valence-electron chi connectivity index (χ4n) is 3.63. The maximum Gasteiger partial charge on any atom is 0.326 e. The number of ether oxygens (including phenoxy) is 1. The first-order valence-electron chi connectivity index (χ1n) is 10.4. The highest BCUT2D eigenvalue weighted by atomic mass is 16.5. The highest BCUT2D eigenvalue weighted by molar-refractivity contribution is 6.01. The van der Waals surface area contributed by atoms with E-state index in [1.807, 2.05) is 24.3 Å². The van der Waals surface area contributed by atoms with Crippen LogP contribution in [0.2, 0.25) is 0 Å². The monoisotopic (exact) mass is 407 g/mol. The maximum atomic E-state index is 12.6. The van der Waals surface area contributed by atoms with Crippen LogP contribution in [-0.2, 0) is 27.8 Å². The topological polar surface area (TPSA) is 72.5 Å². The number of aryl methyl sites for hydroxylation is 2. The second-order valence-corrected chi connectivity index (χ2v) is 8.84. The number of carbonyl (C=O) groups excluding carboxylic acids is 3. The van der Waals surface area contributed by atoms with E-state index in [-0.39, 0.29) is 23.7 Å². The average Bonchev–Trinajstić information content (AvgIpc) is 3.18. The Hall–Kier alpha value is -2.95. The van der Waals surface area contributed by atoms with Gasteiger partial charge in [-0.25, -0.2) is 0 Å². The van der Waals surface area contributed by atoms with Crippen LogP contribution >= 0.6 is 0 Å². The van der Waals surface area contributed by atoms with E-state index >= 15 is 0 Å². The Bertz CT molecular complexity index is 954. The zero-order chi connectivity index (χ0) is 21.9. The standard InChI is InChI=1S/C25H29NO4/c1-16(23(28)20-9-8-17-6-5-7-19(17)14-20)30-22(27)15-26-24(29)18-10-12-21(13-11-18)25(2,3)4/h8-14,16H,5-7,15H2,1-4H3,(H,26,29)/t16-/m1/s1. The van der Waals surface area contributed by atoms with Crippen LogP contribution in [0.25, 0.3) is 0 Å². The number of esters is 1. The summed E-state index contributed by atoms with van der Waals surface area (Å²) in [6.45, 7) is 7.57. The van der Waals surface area contributed by atoms with Crippen molar-refractivity contribution in [1.29, 1.82) is 0 Å². The third-order valence-corrected chi connectivity index (χ3v) is 5.47. The summed E-state index contributed by atoms with van der Waals surface area (Å²) >= 11 is 0. The lowest BCUT2D eigenvalue weighted by Gasteiger charge is -2.19. The molecular weight excluding hydrogens is 378 g/mol. The minimum absolute atomic E-state index is 0.000316. The lowest BCUT2D eigenvalue weighted by molar-refractivity contribution is -0.145. The van der Waals surface area contributed by atoms with E-state index in [4.69, 9.17) is 4.74 Å². The molecule has 0 fully saturated rings. The number of benzene rings is 2. The molecule has 0 saturated carbocycles. The van der Waals surface area contributed by atoms with Gasteiger partial charge >= 0.3 is 5.97 Å². The molecule has 5 nitrogen and oxygen atoms in total. The van der Waals surface area contributed by atoms with E-state index in [2.05, 4.69) is 26.1 Å². The largest absolute Gasteiger partial charge is 0.453 e. The van der Waals surface area contributed by atoms with Gasteiger partial charge in [-0.3, -0.25) is 14.4 Å². The fourth-order valence-corrected chi connectivity index (χ4v) is 3.63. The molecule has 2 aromatic carbocycles. The zero-order valence-electron chi connectivity index (χ0n) is 18.1. The summed E-state index contributed by atoms with van der Waals surface area (Å²) in [5.41, 5.74) is 4.63. The molecule has 0 radical (unpaired) electrons. The molecule has 0 unspecified atom stereocenters. The van der Waals surface area contributed by atoms with Crippen molar-refractivity contribution in [3.63, 3.8) is 0 Å². The molecule has 5 heteroatoms. The quantitative estimate of drug-likeness (QED) is 0.580. The Morgan fingerprint density at radius 2 is 1.60 bits per heavy atom. The molecule has 0 bridgehead atoms. The van der Waals surface area contributed by atoms with Crippen molar-refractivity contribution in [2.75, 3.05) is 6.54 Å². The molecule has 0 saturated heterocycles. The van der Waals surface area contributed by atoms with Crippen LogP contribution in [0, 0.1) is 0 Å². The second-order valence-electron chi connectivity index (χ2n) is 8.84. The Balaban J connectivity index is 1.51. The van der Waals surface area contributed by atoms with Gasteiger partial charge < -0.3 is 10.1 Å². The van der Waals surface area contributed by atoms with Gasteiger partial charge in [0.1, 0.15) is 6.54 Å². The van der Waals surface area contributed by atoms with Gasteiger partial charge in [0.25, 0.3) is 5.91 Å². The Morgan fingerprint density at radius 3 is 2.27 bits per heavy atom. The van der Waals surface area contributed by atoms with Gasteiger partial charge in [-0.05, 0) is 66.5 Å². The number of hydrogen-bond donors (Lipinski definition) is 1. The minimum Gasteiger partial charge on any atom is -0.453 e. The van der Waals surface area contributed by atoms with Gasteiger partial charge in [-0.2, -0.15) is 0 Å². The number of nitrogens with one attached hydrogen (secondary N) is 1. The molecule has 0 aliphatic heterocycles. The van der Waals surface area contributed by atoms with E-state index in [9.17, 15) is 14.4 Å². The molecule has 1 aliphatic carbocycles. The SMILES string of the molecule is C[C@@H](OC(=O)CNC(=O)c1ccc(C(C)(C)C)cc1)C(=O)c1ccc2c(c1)CCC2. The number of amides is 1. The highest BCUT2D eigenvalue weighted by Crippen LogP contribution is 2.24. The van der Waals surface area contributed by atoms with Crippen molar-refractivity contribution in [2.24, 2.45) is 0 Å². The van der Waals surface area contributed by atoms with Gasteiger partial charge in [-0.15, -0.1) is 0 Å². The van der Waals surface area contributed by atoms with E-state index in [1.165, 1.54) is 11.1 Å². The van der Waals surface area contributed by atoms with E-state index < -0.39 is 12.1 Å². The molecular formula is C25H29NO4. The molecule has 0 aromatic heterocycles. The molecule has 30 heavy (non-hydrogen) atoms. The molecule has 1 atom stereocenters. The van der Waals surface area contributed by atoms with Gasteiger partial charge in [0.15, 0.2) is 6.10 Å². The number of hydrogen-bond acceptors (Lipinski definition) is 4. The van der Waals surface area contributed by atoms with E-state index in [1.54, 1.807) is 25.1 Å². The number of carbonyl (C=O) groups is 3. The molecule has 158 valence electrons. The lowest BCUT2D eigenvalue weighted by Crippen LogP contribution is -2.34. The van der Waals surface area contributed by atoms with Gasteiger partial charge in [0.05, 0.1) is 0 Å². The minimum atomic E-state index is -0.903. The molecule has 3 rings (SSSR count). The summed E-state index contributed by atoms with van der Waals surface area (Å²) in [5.74, 6) is -1.23. The van der Waals surface area contributed by atoms with Crippen LogP contribution < -0.4 is 5.32 Å². The first-order valence-corrected chi connectivity index (χ1v) is 10.4. The van der Waals surface area contributed by atoms with Crippen molar-refractivity contribution >= 4 is 17.7 Å². The molecule has 1 aliphatic rings. The van der Waals surface area contributed by atoms with Crippen molar-refractivity contribution < 1.29 is 19.1 Å². The predicted octanol–water partition coefficient (Wildman–Crippen LogP) is 4.02. The van der Waals surface area contributed by atoms with Crippen LogP contribution in [0.15, 0.2) is 42.5 Å². The predicted molar refractivity (Wildman–Crippen MR) is 116 cm³/mol. The van der Waals surface area contributed by atoms with Crippen molar-refractivity contribution in [2.45, 2.75) is 58.5 Å². The van der Waals surface area contributed by atoms with Crippen molar-refractivity contribution in [1.82, 2.24) is 5.32 Å². The third-order valence-electron chi connectivity index (χ3n) is 5.47. The normalized spacial score (nSPS) is 14.0. The average molecular weight is 408 g/mol. The maximum absolute atomic E-state index is 12.6. The summed E-state index contributed by atoms with van der Waals surface area (Å²) < 4.78 is 5.23. The van der Waals surface area contributed by atoms with Crippen LogP contribution in [0.5, 0.6) is 0 Å². The number of Topliss-reactive ketones (excluding diaryl/α,β-unsaturated/α-hetero) is 1. The number of fused-ring (bicyclic) bond motifs is 1. The molecule has 1 amide bonds. The van der Waals surface area contributed by atoms with Crippen LogP contribution in [0.3, 0.4) is 0 Å². The zero-order valence-corrected chi connectivity index (χ0v) is 18.1. The van der Waals surface area contributed by atoms with Gasteiger partial charge in [0, 0.05) is 11.1 Å². The fraction of sp³-hybridized carbons (Fsp3) is 0.400. The van der Waals surface area contributed by atoms with Crippen molar-refractivity contribution in [3.8, 4) is 0 Å². The molecule has 0 heterocycles. The summed E-state index contributed by atoms with van der Waals surface area (Å²) in [4.78, 5) is 37.0. The van der Waals surface area contributed by atoms with E-state index in [0.29, 0.717) is 11.1 Å². The van der Waals surface area contributed by atoms with Gasteiger partial charge in [0.2, 0.25) is 5.78 Å². The first-order chi connectivity index (χ1) is 14.1. The Labute approximate surface area is 177 Å². The summed E-state index contributed by atoms with van der Waals surface area (Å²) in [7, 11) is 0. The summed E-state index contributed by atoms with van der Waals surface area (Å²) in [5, 5.41) is 2.55. The number of rotatable bonds is 6. The van der Waals surface area contributed by atoms with Crippen LogP contribution in [-0.4, -0.2) is 30.3 Å². The number of ketones is 1. The van der Waals surface area contributed by atoms with Gasteiger partial charge in [-0.1, -0.05) is 45.0 Å². The molecule has 2 aromatic rings. The second kappa shape index (κ2) is 8.82.